The Morgan fingerprint density at radius 2 is 2.11 bits per heavy atom. The molecule has 4 rings (SSSR count). The van der Waals surface area contributed by atoms with Crippen LogP contribution in [0.4, 0.5) is 5.69 Å². The van der Waals surface area contributed by atoms with E-state index in [0.717, 1.165) is 25.9 Å². The van der Waals surface area contributed by atoms with E-state index in [9.17, 15) is 4.79 Å². The molecule has 1 aromatic carbocycles. The maximum atomic E-state index is 12.5. The quantitative estimate of drug-likeness (QED) is 0.676. The second kappa shape index (κ2) is 9.25. The Bertz CT molecular complexity index is 913. The number of nitrogens with one attached hydrogen (secondary N) is 2. The van der Waals surface area contributed by atoms with E-state index in [0.29, 0.717) is 17.3 Å². The molecule has 1 aliphatic rings. The molecule has 3 heterocycles. The van der Waals surface area contributed by atoms with E-state index in [1.807, 2.05) is 0 Å². The predicted molar refractivity (Wildman–Crippen MR) is 105 cm³/mol. The number of aromatic nitrogens is 5. The van der Waals surface area contributed by atoms with Crippen molar-refractivity contribution in [3.05, 3.63) is 54.7 Å². The highest BCUT2D eigenvalue weighted by atomic mass is 35.5. The standard InChI is InChI=1S/C18H19N7O2.ClH/c26-18(16-12-25(24-23-16)14-4-6-19-7-5-14)22-13-2-1-3-15(10-13)27-17-11-20-8-9-21-17;/h1-3,8-12,14,19H,4-7H2,(H,22,26);1H. The second-order valence-electron chi connectivity index (χ2n) is 6.19. The lowest BCUT2D eigenvalue weighted by Gasteiger charge is -2.22. The first-order valence-corrected chi connectivity index (χ1v) is 8.76. The minimum absolute atomic E-state index is 0. The molecule has 0 saturated carbocycles. The summed E-state index contributed by atoms with van der Waals surface area (Å²) in [5.41, 5.74) is 0.881. The predicted octanol–water partition coefficient (Wildman–Crippen LogP) is 2.46. The van der Waals surface area contributed by atoms with Crippen molar-refractivity contribution < 1.29 is 9.53 Å². The largest absolute Gasteiger partial charge is 0.437 e. The van der Waals surface area contributed by atoms with Crippen LogP contribution in [0.3, 0.4) is 0 Å². The molecule has 0 radical (unpaired) electrons. The van der Waals surface area contributed by atoms with Gasteiger partial charge in [0.25, 0.3) is 5.91 Å². The number of piperidine rings is 1. The lowest BCUT2D eigenvalue weighted by molar-refractivity contribution is 0.102. The first-order valence-electron chi connectivity index (χ1n) is 8.76. The van der Waals surface area contributed by atoms with Crippen molar-refractivity contribution in [2.75, 3.05) is 18.4 Å². The van der Waals surface area contributed by atoms with Gasteiger partial charge in [-0.2, -0.15) is 0 Å². The number of anilines is 1. The summed E-state index contributed by atoms with van der Waals surface area (Å²) in [6.45, 7) is 1.90. The van der Waals surface area contributed by atoms with Crippen molar-refractivity contribution in [3.8, 4) is 11.6 Å². The molecule has 2 aromatic heterocycles. The minimum atomic E-state index is -0.313. The number of ether oxygens (including phenoxy) is 1. The van der Waals surface area contributed by atoms with Gasteiger partial charge >= 0.3 is 0 Å². The van der Waals surface area contributed by atoms with E-state index in [1.165, 1.54) is 6.20 Å². The molecule has 0 unspecified atom stereocenters. The van der Waals surface area contributed by atoms with E-state index in [1.54, 1.807) is 47.5 Å². The highest BCUT2D eigenvalue weighted by molar-refractivity contribution is 6.02. The van der Waals surface area contributed by atoms with Crippen LogP contribution in [0.1, 0.15) is 29.4 Å². The number of rotatable bonds is 5. The summed E-state index contributed by atoms with van der Waals surface area (Å²) in [6.07, 6.45) is 8.29. The van der Waals surface area contributed by atoms with E-state index in [4.69, 9.17) is 4.74 Å². The smallest absolute Gasteiger partial charge is 0.277 e. The molecule has 1 aliphatic heterocycles. The van der Waals surface area contributed by atoms with Crippen molar-refractivity contribution in [3.63, 3.8) is 0 Å². The van der Waals surface area contributed by atoms with Gasteiger partial charge in [-0.15, -0.1) is 17.5 Å². The number of benzene rings is 1. The van der Waals surface area contributed by atoms with Gasteiger partial charge in [0, 0.05) is 24.1 Å². The molecule has 0 bridgehead atoms. The second-order valence-corrected chi connectivity index (χ2v) is 6.19. The average Bonchev–Trinajstić information content (AvgIpc) is 3.20. The molecular weight excluding hydrogens is 382 g/mol. The summed E-state index contributed by atoms with van der Waals surface area (Å²) in [7, 11) is 0. The van der Waals surface area contributed by atoms with Crippen LogP contribution in [0.2, 0.25) is 0 Å². The highest BCUT2D eigenvalue weighted by Crippen LogP contribution is 2.22. The monoisotopic (exact) mass is 401 g/mol. The van der Waals surface area contributed by atoms with Gasteiger partial charge in [0.15, 0.2) is 5.69 Å². The van der Waals surface area contributed by atoms with Crippen LogP contribution in [-0.4, -0.2) is 44.0 Å². The molecule has 10 heteroatoms. The van der Waals surface area contributed by atoms with Crippen LogP contribution in [0.25, 0.3) is 0 Å². The normalized spacial score (nSPS) is 14.1. The molecular formula is C18H20ClN7O2. The van der Waals surface area contributed by atoms with Gasteiger partial charge < -0.3 is 15.4 Å². The Morgan fingerprint density at radius 1 is 1.25 bits per heavy atom. The summed E-state index contributed by atoms with van der Waals surface area (Å²) in [4.78, 5) is 20.5. The van der Waals surface area contributed by atoms with Crippen molar-refractivity contribution >= 4 is 24.0 Å². The van der Waals surface area contributed by atoms with Gasteiger partial charge in [-0.3, -0.25) is 9.78 Å². The summed E-state index contributed by atoms with van der Waals surface area (Å²) < 4.78 is 7.41. The number of hydrogen-bond donors (Lipinski definition) is 2. The third kappa shape index (κ3) is 4.81. The average molecular weight is 402 g/mol. The van der Waals surface area contributed by atoms with Crippen LogP contribution in [0.5, 0.6) is 11.6 Å². The fourth-order valence-electron chi connectivity index (χ4n) is 2.92. The summed E-state index contributed by atoms with van der Waals surface area (Å²) >= 11 is 0. The molecule has 1 fully saturated rings. The topological polar surface area (TPSA) is 107 Å². The Kier molecular flexibility index (Phi) is 6.51. The Morgan fingerprint density at radius 3 is 2.89 bits per heavy atom. The third-order valence-electron chi connectivity index (χ3n) is 4.28. The van der Waals surface area contributed by atoms with E-state index < -0.39 is 0 Å². The van der Waals surface area contributed by atoms with Gasteiger partial charge in [0.05, 0.1) is 18.4 Å². The van der Waals surface area contributed by atoms with Crippen LogP contribution in [-0.2, 0) is 0 Å². The number of hydrogen-bond acceptors (Lipinski definition) is 7. The maximum absolute atomic E-state index is 12.5. The Labute approximate surface area is 167 Å². The molecule has 9 nitrogen and oxygen atoms in total. The zero-order valence-electron chi connectivity index (χ0n) is 15.0. The number of halogens is 1. The lowest BCUT2D eigenvalue weighted by atomic mass is 10.1. The van der Waals surface area contributed by atoms with Crippen LogP contribution in [0, 0.1) is 0 Å². The first kappa shape index (κ1) is 19.7. The number of nitrogens with zero attached hydrogens (tertiary/aromatic N) is 5. The fraction of sp³-hybridized carbons (Fsp3) is 0.278. The van der Waals surface area contributed by atoms with Crippen molar-refractivity contribution in [1.82, 2.24) is 30.3 Å². The van der Waals surface area contributed by atoms with E-state index in [-0.39, 0.29) is 30.0 Å². The summed E-state index contributed by atoms with van der Waals surface area (Å²) in [5, 5.41) is 14.2. The number of amides is 1. The van der Waals surface area contributed by atoms with Crippen LogP contribution < -0.4 is 15.4 Å². The third-order valence-corrected chi connectivity index (χ3v) is 4.28. The molecule has 0 spiro atoms. The molecule has 146 valence electrons. The minimum Gasteiger partial charge on any atom is -0.437 e. The molecule has 2 N–H and O–H groups in total. The molecule has 1 saturated heterocycles. The zero-order valence-corrected chi connectivity index (χ0v) is 15.8. The number of carbonyl (C=O) groups is 1. The Balaban J connectivity index is 0.00000225. The number of carbonyl (C=O) groups excluding carboxylic acids is 1. The lowest BCUT2D eigenvalue weighted by Crippen LogP contribution is -2.29. The van der Waals surface area contributed by atoms with Gasteiger partial charge in [0.2, 0.25) is 5.88 Å². The molecule has 0 aliphatic carbocycles. The summed E-state index contributed by atoms with van der Waals surface area (Å²) in [6, 6.07) is 7.33. The summed E-state index contributed by atoms with van der Waals surface area (Å²) in [5.74, 6) is 0.615. The van der Waals surface area contributed by atoms with Gasteiger partial charge in [-0.25, -0.2) is 9.67 Å². The highest BCUT2D eigenvalue weighted by Gasteiger charge is 2.19. The van der Waals surface area contributed by atoms with Gasteiger partial charge in [-0.05, 0) is 38.1 Å². The van der Waals surface area contributed by atoms with Crippen molar-refractivity contribution in [2.24, 2.45) is 0 Å². The van der Waals surface area contributed by atoms with Crippen LogP contribution in [0.15, 0.2) is 49.1 Å². The molecule has 3 aromatic rings. The maximum Gasteiger partial charge on any atom is 0.277 e. The van der Waals surface area contributed by atoms with Crippen LogP contribution >= 0.6 is 12.4 Å². The fourth-order valence-corrected chi connectivity index (χ4v) is 2.92. The van der Waals surface area contributed by atoms with E-state index >= 15 is 0 Å². The molecule has 0 atom stereocenters. The van der Waals surface area contributed by atoms with Gasteiger partial charge in [-0.1, -0.05) is 11.3 Å². The van der Waals surface area contributed by atoms with Crippen molar-refractivity contribution in [1.29, 1.82) is 0 Å². The zero-order chi connectivity index (χ0) is 18.5. The first-order chi connectivity index (χ1) is 13.3. The molecule has 28 heavy (non-hydrogen) atoms. The SMILES string of the molecule is Cl.O=C(Nc1cccc(Oc2cnccn2)c1)c1cn(C2CCNCC2)nn1. The van der Waals surface area contributed by atoms with E-state index in [2.05, 4.69) is 30.9 Å². The molecule has 1 amide bonds. The van der Waals surface area contributed by atoms with Gasteiger partial charge in [0.1, 0.15) is 5.75 Å². The Hall–Kier alpha value is -3.04. The van der Waals surface area contributed by atoms with Crippen molar-refractivity contribution in [2.45, 2.75) is 18.9 Å².